The summed E-state index contributed by atoms with van der Waals surface area (Å²) in [7, 11) is 0. The Hall–Kier alpha value is -2.50. The average Bonchev–Trinajstić information content (AvgIpc) is 2.59. The molecule has 0 bridgehead atoms. The maximum absolute atomic E-state index is 12.1. The number of hydrogen-bond acceptors (Lipinski definition) is 5. The van der Waals surface area contributed by atoms with Crippen LogP contribution in [0.2, 0.25) is 0 Å². The minimum absolute atomic E-state index is 0.162. The molecule has 6 heteroatoms. The minimum Gasteiger partial charge on any atom is -0.474 e. The van der Waals surface area contributed by atoms with Gasteiger partial charge in [-0.05, 0) is 38.2 Å². The Morgan fingerprint density at radius 2 is 1.96 bits per heavy atom. The van der Waals surface area contributed by atoms with Crippen molar-refractivity contribution >= 4 is 5.91 Å². The van der Waals surface area contributed by atoms with E-state index in [1.165, 1.54) is 12.4 Å². The van der Waals surface area contributed by atoms with Crippen molar-refractivity contribution < 1.29 is 9.53 Å². The Labute approximate surface area is 135 Å². The molecule has 1 saturated carbocycles. The second kappa shape index (κ2) is 7.17. The van der Waals surface area contributed by atoms with Crippen LogP contribution in [0.15, 0.2) is 36.9 Å². The van der Waals surface area contributed by atoms with Crippen LogP contribution < -0.4 is 10.1 Å². The number of aromatic nitrogens is 3. The smallest absolute Gasteiger partial charge is 0.271 e. The molecule has 6 nitrogen and oxygen atoms in total. The molecule has 23 heavy (non-hydrogen) atoms. The summed E-state index contributed by atoms with van der Waals surface area (Å²) in [5.74, 6) is 0.505. The Morgan fingerprint density at radius 3 is 2.61 bits per heavy atom. The Bertz CT molecular complexity index is 637. The number of carbonyl (C=O) groups excluding carboxylic acids is 1. The molecule has 2 heterocycles. The first-order valence-corrected chi connectivity index (χ1v) is 7.87. The summed E-state index contributed by atoms with van der Waals surface area (Å²) >= 11 is 0. The van der Waals surface area contributed by atoms with Gasteiger partial charge < -0.3 is 10.1 Å². The van der Waals surface area contributed by atoms with Gasteiger partial charge in [-0.2, -0.15) is 0 Å². The highest BCUT2D eigenvalue weighted by Gasteiger charge is 2.24. The van der Waals surface area contributed by atoms with Crippen LogP contribution in [0.4, 0.5) is 0 Å². The number of carbonyl (C=O) groups is 1. The normalized spacial score (nSPS) is 20.7. The standard InChI is InChI=1S/C17H20N4O2/c1-12-2-7-16(20-10-12)23-14-5-3-13(4-6-14)21-17(22)15-11-18-8-9-19-15/h2,7-11,13-14H,3-6H2,1H3,(H,21,22). The number of hydrogen-bond donors (Lipinski definition) is 1. The fraction of sp³-hybridized carbons (Fsp3) is 0.412. The Morgan fingerprint density at radius 1 is 1.13 bits per heavy atom. The quantitative estimate of drug-likeness (QED) is 0.937. The Balaban J connectivity index is 1.47. The van der Waals surface area contributed by atoms with Crippen molar-refractivity contribution in [2.45, 2.75) is 44.8 Å². The third-order valence-corrected chi connectivity index (χ3v) is 3.98. The molecular weight excluding hydrogens is 292 g/mol. The van der Waals surface area contributed by atoms with Gasteiger partial charge in [0.2, 0.25) is 5.88 Å². The zero-order valence-corrected chi connectivity index (χ0v) is 13.1. The molecule has 1 aliphatic carbocycles. The number of pyridine rings is 1. The molecule has 0 unspecified atom stereocenters. The Kier molecular flexibility index (Phi) is 4.80. The lowest BCUT2D eigenvalue weighted by Gasteiger charge is -2.29. The van der Waals surface area contributed by atoms with E-state index >= 15 is 0 Å². The maximum atomic E-state index is 12.1. The molecule has 120 valence electrons. The van der Waals surface area contributed by atoms with Gasteiger partial charge in [-0.15, -0.1) is 0 Å². The summed E-state index contributed by atoms with van der Waals surface area (Å²) in [6.07, 6.45) is 10.1. The van der Waals surface area contributed by atoms with Gasteiger partial charge in [0.15, 0.2) is 0 Å². The number of nitrogens with zero attached hydrogens (tertiary/aromatic N) is 3. The number of aryl methyl sites for hydroxylation is 1. The van der Waals surface area contributed by atoms with Crippen LogP contribution in [0, 0.1) is 6.92 Å². The van der Waals surface area contributed by atoms with E-state index in [2.05, 4.69) is 20.3 Å². The molecule has 1 aliphatic rings. The van der Waals surface area contributed by atoms with Crippen molar-refractivity contribution in [3.8, 4) is 5.88 Å². The molecule has 0 spiro atoms. The summed E-state index contributed by atoms with van der Waals surface area (Å²) in [6, 6.07) is 4.06. The van der Waals surface area contributed by atoms with Crippen molar-refractivity contribution in [1.29, 1.82) is 0 Å². The molecule has 1 fully saturated rings. The molecule has 2 aromatic heterocycles. The summed E-state index contributed by atoms with van der Waals surface area (Å²) in [5.41, 5.74) is 1.47. The van der Waals surface area contributed by atoms with Crippen molar-refractivity contribution in [3.63, 3.8) is 0 Å². The van der Waals surface area contributed by atoms with E-state index in [0.717, 1.165) is 31.2 Å². The van der Waals surface area contributed by atoms with Crippen LogP contribution in [0.25, 0.3) is 0 Å². The lowest BCUT2D eigenvalue weighted by Crippen LogP contribution is -2.40. The van der Waals surface area contributed by atoms with Crippen molar-refractivity contribution in [2.24, 2.45) is 0 Å². The third kappa shape index (κ3) is 4.25. The van der Waals surface area contributed by atoms with E-state index in [0.29, 0.717) is 11.6 Å². The van der Waals surface area contributed by atoms with E-state index in [1.807, 2.05) is 25.3 Å². The largest absolute Gasteiger partial charge is 0.474 e. The van der Waals surface area contributed by atoms with Crippen LogP contribution in [0.5, 0.6) is 5.88 Å². The predicted octanol–water partition coefficient (Wildman–Crippen LogP) is 2.30. The van der Waals surface area contributed by atoms with E-state index in [-0.39, 0.29) is 18.1 Å². The number of ether oxygens (including phenoxy) is 1. The second-order valence-electron chi connectivity index (χ2n) is 5.83. The molecule has 0 radical (unpaired) electrons. The third-order valence-electron chi connectivity index (χ3n) is 3.98. The van der Waals surface area contributed by atoms with Crippen LogP contribution in [-0.4, -0.2) is 33.0 Å². The molecule has 1 N–H and O–H groups in total. The predicted molar refractivity (Wildman–Crippen MR) is 85.1 cm³/mol. The van der Waals surface area contributed by atoms with Gasteiger partial charge in [0.05, 0.1) is 6.20 Å². The zero-order valence-electron chi connectivity index (χ0n) is 13.1. The van der Waals surface area contributed by atoms with Crippen molar-refractivity contribution in [1.82, 2.24) is 20.3 Å². The first kappa shape index (κ1) is 15.4. The van der Waals surface area contributed by atoms with Crippen LogP contribution >= 0.6 is 0 Å². The van der Waals surface area contributed by atoms with Gasteiger partial charge in [0.1, 0.15) is 11.8 Å². The highest BCUT2D eigenvalue weighted by Crippen LogP contribution is 2.23. The first-order chi connectivity index (χ1) is 11.2. The number of amides is 1. The van der Waals surface area contributed by atoms with E-state index in [4.69, 9.17) is 4.74 Å². The molecule has 3 rings (SSSR count). The van der Waals surface area contributed by atoms with Gasteiger partial charge in [0, 0.05) is 30.7 Å². The highest BCUT2D eigenvalue weighted by atomic mass is 16.5. The SMILES string of the molecule is Cc1ccc(OC2CCC(NC(=O)c3cnccn3)CC2)nc1. The number of nitrogens with one attached hydrogen (secondary N) is 1. The molecular formula is C17H20N4O2. The van der Waals surface area contributed by atoms with E-state index in [1.54, 1.807) is 6.20 Å². The molecule has 0 aliphatic heterocycles. The molecule has 2 aromatic rings. The van der Waals surface area contributed by atoms with Crippen LogP contribution in [-0.2, 0) is 0 Å². The van der Waals surface area contributed by atoms with Gasteiger partial charge in [-0.1, -0.05) is 6.07 Å². The van der Waals surface area contributed by atoms with E-state index < -0.39 is 0 Å². The van der Waals surface area contributed by atoms with Crippen molar-refractivity contribution in [3.05, 3.63) is 48.2 Å². The van der Waals surface area contributed by atoms with Crippen LogP contribution in [0.3, 0.4) is 0 Å². The summed E-state index contributed by atoms with van der Waals surface area (Å²) in [4.78, 5) is 24.3. The summed E-state index contributed by atoms with van der Waals surface area (Å²) in [6.45, 7) is 2.00. The lowest BCUT2D eigenvalue weighted by molar-refractivity contribution is 0.0885. The van der Waals surface area contributed by atoms with Gasteiger partial charge in [-0.3, -0.25) is 9.78 Å². The summed E-state index contributed by atoms with van der Waals surface area (Å²) in [5, 5.41) is 3.01. The first-order valence-electron chi connectivity index (χ1n) is 7.87. The molecule has 0 aromatic carbocycles. The monoisotopic (exact) mass is 312 g/mol. The molecule has 1 amide bonds. The topological polar surface area (TPSA) is 77.0 Å². The second-order valence-corrected chi connectivity index (χ2v) is 5.83. The van der Waals surface area contributed by atoms with Gasteiger partial charge in [0.25, 0.3) is 5.91 Å². The maximum Gasteiger partial charge on any atom is 0.271 e. The molecule has 0 saturated heterocycles. The highest BCUT2D eigenvalue weighted by molar-refractivity contribution is 5.92. The number of rotatable bonds is 4. The van der Waals surface area contributed by atoms with Crippen LogP contribution in [0.1, 0.15) is 41.7 Å². The van der Waals surface area contributed by atoms with Gasteiger partial charge in [-0.25, -0.2) is 9.97 Å². The minimum atomic E-state index is -0.164. The fourth-order valence-electron chi connectivity index (χ4n) is 2.70. The van der Waals surface area contributed by atoms with Gasteiger partial charge >= 0.3 is 0 Å². The lowest BCUT2D eigenvalue weighted by atomic mass is 9.93. The summed E-state index contributed by atoms with van der Waals surface area (Å²) < 4.78 is 5.90. The molecule has 0 atom stereocenters. The van der Waals surface area contributed by atoms with Crippen molar-refractivity contribution in [2.75, 3.05) is 0 Å². The van der Waals surface area contributed by atoms with E-state index in [9.17, 15) is 4.79 Å². The fourth-order valence-corrected chi connectivity index (χ4v) is 2.70. The average molecular weight is 312 g/mol. The zero-order chi connectivity index (χ0) is 16.1.